The normalized spacial score (nSPS) is 25.3. The van der Waals surface area contributed by atoms with Crippen LogP contribution in [0.4, 0.5) is 0 Å². The number of hydrogen-bond acceptors (Lipinski definition) is 2. The smallest absolute Gasteiger partial charge is 0.0652 e. The van der Waals surface area contributed by atoms with Gasteiger partial charge in [-0.25, -0.2) is 0 Å². The summed E-state index contributed by atoms with van der Waals surface area (Å²) in [6, 6.07) is 0. The minimum Gasteiger partial charge on any atom is -0.340 e. The van der Waals surface area contributed by atoms with Crippen molar-refractivity contribution in [2.45, 2.75) is 12.8 Å². The predicted molar refractivity (Wildman–Crippen MR) is 27.2 cm³/mol. The Balaban J connectivity index is 2.12. The molecule has 1 aliphatic rings. The average molecular weight is 100 g/mol. The first-order valence-electron chi connectivity index (χ1n) is 2.60. The molecule has 0 saturated carbocycles. The van der Waals surface area contributed by atoms with Crippen molar-refractivity contribution in [3.63, 3.8) is 0 Å². The molecule has 1 saturated heterocycles. The Morgan fingerprint density at radius 1 is 1.43 bits per heavy atom. The molecule has 1 aliphatic heterocycles. The zero-order valence-corrected chi connectivity index (χ0v) is 4.39. The third kappa shape index (κ3) is 1.45. The second-order valence-electron chi connectivity index (χ2n) is 1.75. The molecule has 0 aromatic carbocycles. The van der Waals surface area contributed by atoms with Crippen LogP contribution >= 0.6 is 0 Å². The molecule has 0 unspecified atom stereocenters. The van der Waals surface area contributed by atoms with Gasteiger partial charge in [0.25, 0.3) is 0 Å². The first kappa shape index (κ1) is 5.06. The van der Waals surface area contributed by atoms with Gasteiger partial charge in [-0.2, -0.15) is 0 Å². The van der Waals surface area contributed by atoms with E-state index >= 15 is 0 Å². The highest BCUT2D eigenvalue weighted by atomic mass is 16.7. The Morgan fingerprint density at radius 3 is 2.57 bits per heavy atom. The van der Waals surface area contributed by atoms with Crippen LogP contribution in [0.1, 0.15) is 12.8 Å². The van der Waals surface area contributed by atoms with Gasteiger partial charge in [0, 0.05) is 0 Å². The van der Waals surface area contributed by atoms with Gasteiger partial charge in [-0.05, 0) is 19.4 Å². The summed E-state index contributed by atoms with van der Waals surface area (Å²) in [6.07, 6.45) is 2.41. The molecule has 0 spiro atoms. The molecule has 0 N–H and O–H groups in total. The molecule has 0 atom stereocenters. The highest BCUT2D eigenvalue weighted by molar-refractivity contribution is 4.49. The van der Waals surface area contributed by atoms with Crippen molar-refractivity contribution in [3.05, 3.63) is 7.05 Å². The van der Waals surface area contributed by atoms with Crippen LogP contribution in [-0.4, -0.2) is 18.2 Å². The van der Waals surface area contributed by atoms with E-state index in [-0.39, 0.29) is 0 Å². The van der Waals surface area contributed by atoms with Crippen molar-refractivity contribution < 1.29 is 4.84 Å². The van der Waals surface area contributed by atoms with Gasteiger partial charge in [-0.3, -0.25) is 7.05 Å². The quantitative estimate of drug-likeness (QED) is 0.417. The van der Waals surface area contributed by atoms with Crippen LogP contribution in [0.15, 0.2) is 0 Å². The molecule has 0 aliphatic carbocycles. The summed E-state index contributed by atoms with van der Waals surface area (Å²) in [6.45, 7) is 1.84. The van der Waals surface area contributed by atoms with Crippen LogP contribution in [-0.2, 0) is 4.84 Å². The largest absolute Gasteiger partial charge is 0.340 e. The summed E-state index contributed by atoms with van der Waals surface area (Å²) in [5.41, 5.74) is 0. The molecule has 1 fully saturated rings. The van der Waals surface area contributed by atoms with Crippen LogP contribution in [0.2, 0.25) is 0 Å². The lowest BCUT2D eigenvalue weighted by molar-refractivity contribution is -0.146. The second-order valence-corrected chi connectivity index (χ2v) is 1.75. The van der Waals surface area contributed by atoms with Crippen molar-refractivity contribution >= 4 is 0 Å². The molecule has 0 amide bonds. The van der Waals surface area contributed by atoms with Gasteiger partial charge in [0.05, 0.1) is 6.61 Å². The third-order valence-electron chi connectivity index (χ3n) is 1.08. The molecule has 0 radical (unpaired) electrons. The van der Waals surface area contributed by atoms with Gasteiger partial charge in [0.2, 0.25) is 0 Å². The highest BCUT2D eigenvalue weighted by Gasteiger charge is 1.97. The van der Waals surface area contributed by atoms with Crippen molar-refractivity contribution in [1.29, 1.82) is 0 Å². The molecule has 1 rings (SSSR count). The fraction of sp³-hybridized carbons (Fsp3) is 0.800. The Kier molecular flexibility index (Phi) is 1.65. The fourth-order valence-corrected chi connectivity index (χ4v) is 0.648. The summed E-state index contributed by atoms with van der Waals surface area (Å²) in [5.74, 6) is 0. The van der Waals surface area contributed by atoms with E-state index in [1.807, 2.05) is 0 Å². The molecule has 2 nitrogen and oxygen atoms in total. The molecular weight excluding hydrogens is 90.1 g/mol. The fourth-order valence-electron chi connectivity index (χ4n) is 0.648. The monoisotopic (exact) mass is 100 g/mol. The SMILES string of the molecule is [CH2-]N1CCCCO1. The van der Waals surface area contributed by atoms with Crippen LogP contribution in [0.25, 0.3) is 0 Å². The molecule has 1 heterocycles. The maximum absolute atomic E-state index is 5.00. The van der Waals surface area contributed by atoms with Gasteiger partial charge >= 0.3 is 0 Å². The minimum absolute atomic E-state index is 0.851. The van der Waals surface area contributed by atoms with E-state index in [1.54, 1.807) is 5.06 Å². The molecule has 42 valence electrons. The first-order chi connectivity index (χ1) is 3.39. The lowest BCUT2D eigenvalue weighted by Gasteiger charge is -2.28. The molecule has 0 bridgehead atoms. The maximum Gasteiger partial charge on any atom is 0.0652 e. The lowest BCUT2D eigenvalue weighted by atomic mass is 10.3. The molecule has 0 aromatic rings. The topological polar surface area (TPSA) is 12.5 Å². The van der Waals surface area contributed by atoms with E-state index in [2.05, 4.69) is 7.05 Å². The summed E-state index contributed by atoms with van der Waals surface area (Å²) < 4.78 is 0. The minimum atomic E-state index is 0.851. The lowest BCUT2D eigenvalue weighted by Crippen LogP contribution is -2.23. The van der Waals surface area contributed by atoms with Gasteiger partial charge in [-0.15, -0.1) is 0 Å². The number of hydrogen-bond donors (Lipinski definition) is 0. The summed E-state index contributed by atoms with van der Waals surface area (Å²) in [4.78, 5) is 5.00. The van der Waals surface area contributed by atoms with Crippen molar-refractivity contribution in [3.8, 4) is 0 Å². The maximum atomic E-state index is 5.00. The van der Waals surface area contributed by atoms with Crippen molar-refractivity contribution in [2.75, 3.05) is 13.2 Å². The summed E-state index contributed by atoms with van der Waals surface area (Å²) in [7, 11) is 3.61. The Morgan fingerprint density at radius 2 is 2.29 bits per heavy atom. The van der Waals surface area contributed by atoms with E-state index in [0.29, 0.717) is 0 Å². The van der Waals surface area contributed by atoms with Gasteiger partial charge in [-0.1, -0.05) is 0 Å². The van der Waals surface area contributed by atoms with Crippen LogP contribution < -0.4 is 0 Å². The predicted octanol–water partition coefficient (Wildman–Crippen LogP) is 0.805. The van der Waals surface area contributed by atoms with E-state index in [0.717, 1.165) is 13.2 Å². The third-order valence-corrected chi connectivity index (χ3v) is 1.08. The van der Waals surface area contributed by atoms with Gasteiger partial charge in [0.1, 0.15) is 0 Å². The van der Waals surface area contributed by atoms with Gasteiger partial charge in [0.15, 0.2) is 0 Å². The summed E-state index contributed by atoms with van der Waals surface area (Å²) in [5, 5.41) is 1.64. The van der Waals surface area contributed by atoms with Crippen LogP contribution in [0.5, 0.6) is 0 Å². The average Bonchev–Trinajstić information content (AvgIpc) is 1.69. The number of nitrogens with zero attached hydrogens (tertiary/aromatic N) is 1. The number of hydroxylamine groups is 2. The molecule has 7 heavy (non-hydrogen) atoms. The second kappa shape index (κ2) is 2.28. The van der Waals surface area contributed by atoms with E-state index < -0.39 is 0 Å². The van der Waals surface area contributed by atoms with E-state index in [1.165, 1.54) is 12.8 Å². The van der Waals surface area contributed by atoms with Crippen molar-refractivity contribution in [2.24, 2.45) is 0 Å². The van der Waals surface area contributed by atoms with Crippen LogP contribution in [0, 0.1) is 7.05 Å². The zero-order chi connectivity index (χ0) is 5.11. The summed E-state index contributed by atoms with van der Waals surface area (Å²) >= 11 is 0. The molecule has 0 aromatic heterocycles. The standard InChI is InChI=1S/C5H10NO/c1-6-4-2-3-5-7-6/h1-5H2/q-1. The highest BCUT2D eigenvalue weighted by Crippen LogP contribution is 2.02. The first-order valence-corrected chi connectivity index (χ1v) is 2.60. The van der Waals surface area contributed by atoms with Gasteiger partial charge < -0.3 is 9.90 Å². The Labute approximate surface area is 44.0 Å². The molecule has 2 heteroatoms. The number of rotatable bonds is 0. The Hall–Kier alpha value is -0.0800. The Bertz CT molecular complexity index is 50.0. The zero-order valence-electron chi connectivity index (χ0n) is 4.39. The van der Waals surface area contributed by atoms with Crippen LogP contribution in [0.3, 0.4) is 0 Å². The van der Waals surface area contributed by atoms with E-state index in [4.69, 9.17) is 4.84 Å². The van der Waals surface area contributed by atoms with Crippen molar-refractivity contribution in [1.82, 2.24) is 5.06 Å². The molecular formula is C5H10NO-. The van der Waals surface area contributed by atoms with E-state index in [9.17, 15) is 0 Å².